The van der Waals surface area contributed by atoms with E-state index in [0.717, 1.165) is 6.54 Å². The second-order valence-corrected chi connectivity index (χ2v) is 5.45. The molecule has 0 amide bonds. The summed E-state index contributed by atoms with van der Waals surface area (Å²) in [6, 6.07) is 9.21. The zero-order valence-corrected chi connectivity index (χ0v) is 10.3. The Morgan fingerprint density at radius 1 is 1.38 bits per heavy atom. The van der Waals surface area contributed by atoms with Gasteiger partial charge in [0.15, 0.2) is 0 Å². The van der Waals surface area contributed by atoms with E-state index in [9.17, 15) is 0 Å². The van der Waals surface area contributed by atoms with Gasteiger partial charge in [0.1, 0.15) is 0 Å². The molecule has 1 aliphatic rings. The van der Waals surface area contributed by atoms with Gasteiger partial charge in [0.2, 0.25) is 0 Å². The molecular weight excluding hydrogens is 216 g/mol. The fraction of sp³-hybridized carbons (Fsp3) is 0.462. The second kappa shape index (κ2) is 4.15. The maximum atomic E-state index is 4.67. The zero-order valence-electron chi connectivity index (χ0n) is 9.44. The Bertz CT molecular complexity index is 491. The number of hydrogen-bond donors (Lipinski definition) is 1. The van der Waals surface area contributed by atoms with Crippen molar-refractivity contribution in [1.82, 2.24) is 9.69 Å². The van der Waals surface area contributed by atoms with Crippen LogP contribution in [0.4, 0.5) is 0 Å². The lowest BCUT2D eigenvalue weighted by Gasteiger charge is -2.27. The largest absolute Gasteiger partial charge is 0.314 e. The third-order valence-corrected chi connectivity index (χ3v) is 4.26. The van der Waals surface area contributed by atoms with Crippen molar-refractivity contribution in [3.8, 4) is 0 Å². The van der Waals surface area contributed by atoms with Gasteiger partial charge in [-0.05, 0) is 43.9 Å². The molecule has 2 aromatic rings. The Morgan fingerprint density at radius 3 is 3.12 bits per heavy atom. The molecular formula is C13H16N2S. The van der Waals surface area contributed by atoms with Crippen molar-refractivity contribution in [1.29, 1.82) is 0 Å². The standard InChI is InChI=1S/C13H16N2S/c1-9-8-10(6-7-14-9)13-11-4-2-3-5-12(11)16-15-13/h2-5,9-10,14H,6-8H2,1H3/t9-,10+/m0/s1. The van der Waals surface area contributed by atoms with Crippen LogP contribution in [0.25, 0.3) is 10.1 Å². The van der Waals surface area contributed by atoms with Gasteiger partial charge in [0.25, 0.3) is 0 Å². The number of aromatic nitrogens is 1. The molecule has 1 aromatic heterocycles. The summed E-state index contributed by atoms with van der Waals surface area (Å²) in [5.41, 5.74) is 1.33. The fourth-order valence-corrected chi connectivity index (χ4v) is 3.43. The average Bonchev–Trinajstić information content (AvgIpc) is 2.72. The lowest BCUT2D eigenvalue weighted by Crippen LogP contribution is -2.34. The summed E-state index contributed by atoms with van der Waals surface area (Å²) in [6.45, 7) is 3.39. The van der Waals surface area contributed by atoms with E-state index in [2.05, 4.69) is 40.9 Å². The van der Waals surface area contributed by atoms with Gasteiger partial charge < -0.3 is 5.32 Å². The minimum Gasteiger partial charge on any atom is -0.314 e. The van der Waals surface area contributed by atoms with Crippen LogP contribution in [0.1, 0.15) is 31.4 Å². The molecule has 0 radical (unpaired) electrons. The van der Waals surface area contributed by atoms with E-state index in [1.54, 1.807) is 11.5 Å². The van der Waals surface area contributed by atoms with Crippen LogP contribution in [-0.2, 0) is 0 Å². The minimum absolute atomic E-state index is 0.624. The van der Waals surface area contributed by atoms with E-state index in [-0.39, 0.29) is 0 Å². The smallest absolute Gasteiger partial charge is 0.0652 e. The molecule has 0 spiro atoms. The summed E-state index contributed by atoms with van der Waals surface area (Å²) in [7, 11) is 0. The number of piperidine rings is 1. The first kappa shape index (κ1) is 10.2. The van der Waals surface area contributed by atoms with E-state index < -0.39 is 0 Å². The van der Waals surface area contributed by atoms with Crippen LogP contribution in [0, 0.1) is 0 Å². The van der Waals surface area contributed by atoms with E-state index in [4.69, 9.17) is 0 Å². The van der Waals surface area contributed by atoms with E-state index >= 15 is 0 Å². The summed E-state index contributed by atoms with van der Waals surface area (Å²) in [4.78, 5) is 0. The fourth-order valence-electron chi connectivity index (χ4n) is 2.58. The highest BCUT2D eigenvalue weighted by Gasteiger charge is 2.23. The van der Waals surface area contributed by atoms with E-state index in [1.807, 2.05) is 0 Å². The molecule has 0 saturated carbocycles. The normalized spacial score (nSPS) is 26.1. The summed E-state index contributed by atoms with van der Waals surface area (Å²) in [5.74, 6) is 0.646. The molecule has 3 rings (SSSR count). The first-order valence-corrected chi connectivity index (χ1v) is 6.69. The summed E-state index contributed by atoms with van der Waals surface area (Å²) in [5, 5.41) is 4.86. The minimum atomic E-state index is 0.624. The van der Waals surface area contributed by atoms with E-state index in [1.165, 1.54) is 28.6 Å². The van der Waals surface area contributed by atoms with Gasteiger partial charge in [-0.25, -0.2) is 0 Å². The van der Waals surface area contributed by atoms with Crippen molar-refractivity contribution in [2.45, 2.75) is 31.7 Å². The number of benzene rings is 1. The summed E-state index contributed by atoms with van der Waals surface area (Å²) < 4.78 is 5.99. The first-order valence-electron chi connectivity index (χ1n) is 5.92. The summed E-state index contributed by atoms with van der Waals surface area (Å²) in [6.07, 6.45) is 2.44. The van der Waals surface area contributed by atoms with Crippen molar-refractivity contribution in [3.63, 3.8) is 0 Å². The van der Waals surface area contributed by atoms with Crippen LogP contribution < -0.4 is 5.32 Å². The quantitative estimate of drug-likeness (QED) is 0.817. The number of rotatable bonds is 1. The maximum absolute atomic E-state index is 4.67. The maximum Gasteiger partial charge on any atom is 0.0652 e. The van der Waals surface area contributed by atoms with Crippen LogP contribution in [0.2, 0.25) is 0 Å². The molecule has 0 aliphatic carbocycles. The van der Waals surface area contributed by atoms with Crippen LogP contribution in [0.15, 0.2) is 24.3 Å². The molecule has 0 unspecified atom stereocenters. The Morgan fingerprint density at radius 2 is 2.25 bits per heavy atom. The number of nitrogens with zero attached hydrogens (tertiary/aromatic N) is 1. The monoisotopic (exact) mass is 232 g/mol. The molecule has 1 aromatic carbocycles. The predicted octanol–water partition coefficient (Wildman–Crippen LogP) is 3.15. The molecule has 0 bridgehead atoms. The predicted molar refractivity (Wildman–Crippen MR) is 69.1 cm³/mol. The van der Waals surface area contributed by atoms with Gasteiger partial charge in [-0.2, -0.15) is 4.37 Å². The molecule has 3 heteroatoms. The van der Waals surface area contributed by atoms with Crippen LogP contribution >= 0.6 is 11.5 Å². The molecule has 2 atom stereocenters. The highest BCUT2D eigenvalue weighted by Crippen LogP contribution is 2.33. The SMILES string of the molecule is C[C@H]1C[C@H](c2nsc3ccccc23)CCN1. The van der Waals surface area contributed by atoms with E-state index in [0.29, 0.717) is 12.0 Å². The van der Waals surface area contributed by atoms with Crippen LogP contribution in [0.5, 0.6) is 0 Å². The zero-order chi connectivity index (χ0) is 11.0. The molecule has 1 N–H and O–H groups in total. The topological polar surface area (TPSA) is 24.9 Å². The molecule has 1 aliphatic heterocycles. The van der Waals surface area contributed by atoms with Crippen molar-refractivity contribution in [3.05, 3.63) is 30.0 Å². The third kappa shape index (κ3) is 1.74. The molecule has 1 fully saturated rings. The highest BCUT2D eigenvalue weighted by molar-refractivity contribution is 7.13. The number of fused-ring (bicyclic) bond motifs is 1. The van der Waals surface area contributed by atoms with Gasteiger partial charge >= 0.3 is 0 Å². The first-order chi connectivity index (χ1) is 7.84. The van der Waals surface area contributed by atoms with Crippen LogP contribution in [0.3, 0.4) is 0 Å². The second-order valence-electron chi connectivity index (χ2n) is 4.64. The molecule has 16 heavy (non-hydrogen) atoms. The molecule has 84 valence electrons. The van der Waals surface area contributed by atoms with Crippen molar-refractivity contribution >= 4 is 21.6 Å². The average molecular weight is 232 g/mol. The van der Waals surface area contributed by atoms with Crippen molar-refractivity contribution in [2.75, 3.05) is 6.54 Å². The summed E-state index contributed by atoms with van der Waals surface area (Å²) >= 11 is 1.64. The van der Waals surface area contributed by atoms with Crippen molar-refractivity contribution in [2.24, 2.45) is 0 Å². The highest BCUT2D eigenvalue weighted by atomic mass is 32.1. The molecule has 2 nitrogen and oxygen atoms in total. The lowest BCUT2D eigenvalue weighted by atomic mass is 9.89. The lowest BCUT2D eigenvalue weighted by molar-refractivity contribution is 0.379. The van der Waals surface area contributed by atoms with Crippen LogP contribution in [-0.4, -0.2) is 17.0 Å². The molecule has 1 saturated heterocycles. The number of nitrogens with one attached hydrogen (secondary N) is 1. The van der Waals surface area contributed by atoms with Gasteiger partial charge in [-0.15, -0.1) is 0 Å². The van der Waals surface area contributed by atoms with Crippen molar-refractivity contribution < 1.29 is 0 Å². The Balaban J connectivity index is 1.99. The molecule has 2 heterocycles. The third-order valence-electron chi connectivity index (χ3n) is 3.42. The van der Waals surface area contributed by atoms with Gasteiger partial charge in [-0.3, -0.25) is 0 Å². The van der Waals surface area contributed by atoms with Gasteiger partial charge in [0, 0.05) is 17.3 Å². The Labute approximate surface area is 99.8 Å². The van der Waals surface area contributed by atoms with Gasteiger partial charge in [0.05, 0.1) is 10.4 Å². The Hall–Kier alpha value is -0.930. The number of hydrogen-bond acceptors (Lipinski definition) is 3. The Kier molecular flexibility index (Phi) is 2.65. The van der Waals surface area contributed by atoms with Gasteiger partial charge in [-0.1, -0.05) is 18.2 Å².